The van der Waals surface area contributed by atoms with Crippen LogP contribution in [0, 0.1) is 6.92 Å². The summed E-state index contributed by atoms with van der Waals surface area (Å²) in [5, 5.41) is 0. The van der Waals surface area contributed by atoms with Gasteiger partial charge in [0.05, 0.1) is 0 Å². The van der Waals surface area contributed by atoms with Crippen LogP contribution in [-0.4, -0.2) is 33.6 Å². The predicted molar refractivity (Wildman–Crippen MR) is 101 cm³/mol. The van der Waals surface area contributed by atoms with Crippen LogP contribution in [0.25, 0.3) is 0 Å². The molecule has 1 N–H and O–H groups in total. The monoisotopic (exact) mass is 392 g/mol. The van der Waals surface area contributed by atoms with E-state index in [-0.39, 0.29) is 12.0 Å². The van der Waals surface area contributed by atoms with Crippen LogP contribution in [0.2, 0.25) is 0 Å². The molecule has 2 aromatic rings. The summed E-state index contributed by atoms with van der Waals surface area (Å²) in [5.41, 5.74) is 2.33. The van der Waals surface area contributed by atoms with Gasteiger partial charge in [0.1, 0.15) is 10.3 Å². The summed E-state index contributed by atoms with van der Waals surface area (Å²) in [6.07, 6.45) is 2.05. The Morgan fingerprint density at radius 2 is 2.15 bits per heavy atom. The minimum absolute atomic E-state index is 0.00337. The van der Waals surface area contributed by atoms with E-state index in [0.717, 1.165) is 29.0 Å². The minimum Gasteiger partial charge on any atom is -0.368 e. The molecule has 1 aromatic carbocycles. The first-order valence-corrected chi connectivity index (χ1v) is 10.9. The molecule has 2 aliphatic heterocycles. The van der Waals surface area contributed by atoms with E-state index in [1.165, 1.54) is 11.3 Å². The van der Waals surface area contributed by atoms with E-state index in [0.29, 0.717) is 29.5 Å². The van der Waals surface area contributed by atoms with Gasteiger partial charge in [-0.15, -0.1) is 11.3 Å². The van der Waals surface area contributed by atoms with E-state index in [1.54, 1.807) is 23.1 Å². The molecule has 6 nitrogen and oxygen atoms in total. The molecule has 0 spiro atoms. The normalized spacial score (nSPS) is 19.6. The van der Waals surface area contributed by atoms with Gasteiger partial charge in [0.15, 0.2) is 0 Å². The molecule has 1 aromatic heterocycles. The second-order valence-corrected chi connectivity index (χ2v) is 9.75. The fourth-order valence-electron chi connectivity index (χ4n) is 3.40. The Kier molecular flexibility index (Phi) is 4.50. The number of amides is 1. The number of anilines is 2. The number of sulfonamides is 1. The highest BCUT2D eigenvalue weighted by Crippen LogP contribution is 2.33. The first kappa shape index (κ1) is 17.5. The van der Waals surface area contributed by atoms with Gasteiger partial charge in [-0.3, -0.25) is 9.52 Å². The minimum atomic E-state index is -3.58. The highest BCUT2D eigenvalue weighted by atomic mass is 32.2. The number of aryl methyl sites for hydroxylation is 1. The SMILES string of the molecule is Cc1ccc(S(=O)(=O)Nc2ccc3c(c2)CCN3C(=O)C2CCCO2)s1. The Hall–Kier alpha value is -1.90. The molecule has 1 fully saturated rings. The lowest BCUT2D eigenvalue weighted by Crippen LogP contribution is -2.37. The third-order valence-corrected chi connectivity index (χ3v) is 7.55. The summed E-state index contributed by atoms with van der Waals surface area (Å²) >= 11 is 1.24. The van der Waals surface area contributed by atoms with E-state index < -0.39 is 10.0 Å². The van der Waals surface area contributed by atoms with Crippen molar-refractivity contribution in [2.24, 2.45) is 0 Å². The van der Waals surface area contributed by atoms with Gasteiger partial charge in [-0.1, -0.05) is 0 Å². The Morgan fingerprint density at radius 3 is 2.85 bits per heavy atom. The van der Waals surface area contributed by atoms with Crippen molar-refractivity contribution in [2.75, 3.05) is 22.8 Å². The third-order valence-electron chi connectivity index (χ3n) is 4.68. The van der Waals surface area contributed by atoms with Gasteiger partial charge in [-0.2, -0.15) is 0 Å². The Bertz CT molecular complexity index is 946. The summed E-state index contributed by atoms with van der Waals surface area (Å²) in [4.78, 5) is 15.3. The van der Waals surface area contributed by atoms with Gasteiger partial charge in [-0.05, 0) is 62.1 Å². The van der Waals surface area contributed by atoms with Crippen molar-refractivity contribution in [1.29, 1.82) is 0 Å². The second kappa shape index (κ2) is 6.68. The van der Waals surface area contributed by atoms with Gasteiger partial charge in [-0.25, -0.2) is 8.42 Å². The average Bonchev–Trinajstić information content (AvgIpc) is 3.34. The van der Waals surface area contributed by atoms with Crippen LogP contribution in [0.3, 0.4) is 0 Å². The summed E-state index contributed by atoms with van der Waals surface area (Å²) in [7, 11) is -3.58. The molecule has 8 heteroatoms. The number of carbonyl (C=O) groups excluding carboxylic acids is 1. The van der Waals surface area contributed by atoms with Crippen LogP contribution >= 0.6 is 11.3 Å². The lowest BCUT2D eigenvalue weighted by atomic mass is 10.1. The molecule has 26 heavy (non-hydrogen) atoms. The van der Waals surface area contributed by atoms with Crippen molar-refractivity contribution in [2.45, 2.75) is 36.5 Å². The van der Waals surface area contributed by atoms with Crippen molar-refractivity contribution in [1.82, 2.24) is 0 Å². The average molecular weight is 393 g/mol. The number of nitrogens with one attached hydrogen (secondary N) is 1. The molecule has 1 amide bonds. The first-order valence-electron chi connectivity index (χ1n) is 8.59. The van der Waals surface area contributed by atoms with E-state index in [2.05, 4.69) is 4.72 Å². The molecule has 0 bridgehead atoms. The number of hydrogen-bond acceptors (Lipinski definition) is 5. The Balaban J connectivity index is 1.54. The lowest BCUT2D eigenvalue weighted by Gasteiger charge is -2.21. The maximum atomic E-state index is 12.6. The fraction of sp³-hybridized carbons (Fsp3) is 0.389. The van der Waals surface area contributed by atoms with Crippen LogP contribution < -0.4 is 9.62 Å². The molecule has 0 radical (unpaired) electrons. The molecule has 3 heterocycles. The van der Waals surface area contributed by atoms with E-state index in [9.17, 15) is 13.2 Å². The number of thiophene rings is 1. The van der Waals surface area contributed by atoms with Crippen LogP contribution in [0.1, 0.15) is 23.3 Å². The van der Waals surface area contributed by atoms with Crippen molar-refractivity contribution in [3.05, 3.63) is 40.8 Å². The van der Waals surface area contributed by atoms with Gasteiger partial charge in [0.2, 0.25) is 0 Å². The summed E-state index contributed by atoms with van der Waals surface area (Å²) in [6.45, 7) is 3.12. The molecular formula is C18H20N2O4S2. The van der Waals surface area contributed by atoms with E-state index in [1.807, 2.05) is 19.1 Å². The molecule has 2 aliphatic rings. The van der Waals surface area contributed by atoms with Crippen LogP contribution in [-0.2, 0) is 26.0 Å². The summed E-state index contributed by atoms with van der Waals surface area (Å²) in [5.74, 6) is 0.00337. The van der Waals surface area contributed by atoms with E-state index >= 15 is 0 Å². The molecule has 0 aliphatic carbocycles. The highest BCUT2D eigenvalue weighted by Gasteiger charge is 2.32. The lowest BCUT2D eigenvalue weighted by molar-refractivity contribution is -0.127. The molecule has 1 atom stereocenters. The largest absolute Gasteiger partial charge is 0.368 e. The van der Waals surface area contributed by atoms with Gasteiger partial charge in [0.25, 0.3) is 15.9 Å². The van der Waals surface area contributed by atoms with Crippen molar-refractivity contribution in [3.63, 3.8) is 0 Å². The molecule has 4 rings (SSSR count). The zero-order valence-electron chi connectivity index (χ0n) is 14.4. The Labute approximate surface area is 156 Å². The van der Waals surface area contributed by atoms with Crippen molar-refractivity contribution < 1.29 is 17.9 Å². The number of ether oxygens (including phenoxy) is 1. The molecule has 138 valence electrons. The van der Waals surface area contributed by atoms with Crippen LogP contribution in [0.5, 0.6) is 0 Å². The van der Waals surface area contributed by atoms with Crippen LogP contribution in [0.4, 0.5) is 11.4 Å². The molecule has 1 saturated heterocycles. The van der Waals surface area contributed by atoms with Gasteiger partial charge < -0.3 is 9.64 Å². The summed E-state index contributed by atoms with van der Waals surface area (Å²) in [6, 6.07) is 8.73. The van der Waals surface area contributed by atoms with E-state index in [4.69, 9.17) is 4.74 Å². The van der Waals surface area contributed by atoms with Crippen molar-refractivity contribution >= 4 is 38.6 Å². The smallest absolute Gasteiger partial charge is 0.271 e. The predicted octanol–water partition coefficient (Wildman–Crippen LogP) is 2.93. The quantitative estimate of drug-likeness (QED) is 0.868. The Morgan fingerprint density at radius 1 is 1.31 bits per heavy atom. The maximum absolute atomic E-state index is 12.6. The van der Waals surface area contributed by atoms with Gasteiger partial charge in [0, 0.05) is 29.4 Å². The molecule has 1 unspecified atom stereocenters. The maximum Gasteiger partial charge on any atom is 0.271 e. The molecular weight excluding hydrogens is 372 g/mol. The fourth-order valence-corrected chi connectivity index (χ4v) is 5.74. The third kappa shape index (κ3) is 3.24. The first-order chi connectivity index (χ1) is 12.4. The highest BCUT2D eigenvalue weighted by molar-refractivity contribution is 7.94. The van der Waals surface area contributed by atoms with Crippen LogP contribution in [0.15, 0.2) is 34.5 Å². The van der Waals surface area contributed by atoms with Crippen molar-refractivity contribution in [3.8, 4) is 0 Å². The number of carbonyl (C=O) groups is 1. The number of nitrogens with zero attached hydrogens (tertiary/aromatic N) is 1. The number of rotatable bonds is 4. The topological polar surface area (TPSA) is 75.7 Å². The number of fused-ring (bicyclic) bond motifs is 1. The zero-order valence-corrected chi connectivity index (χ0v) is 16.0. The number of hydrogen-bond donors (Lipinski definition) is 1. The zero-order chi connectivity index (χ0) is 18.3. The standard InChI is InChI=1S/C18H20N2O4S2/c1-12-4-7-17(25-12)26(22,23)19-14-5-6-15-13(11-14)8-9-20(15)18(21)16-3-2-10-24-16/h4-7,11,16,19H,2-3,8-10H2,1H3. The summed E-state index contributed by atoms with van der Waals surface area (Å²) < 4.78 is 33.4. The second-order valence-electron chi connectivity index (χ2n) is 6.56. The molecule has 0 saturated carbocycles. The number of benzene rings is 1. The van der Waals surface area contributed by atoms with Gasteiger partial charge >= 0.3 is 0 Å².